The zero-order valence-corrected chi connectivity index (χ0v) is 14.5. The van der Waals surface area contributed by atoms with Crippen molar-refractivity contribution in [2.45, 2.75) is 12.7 Å². The Hall–Kier alpha value is -2.55. The smallest absolute Gasteiger partial charge is 0.185 e. The Balaban J connectivity index is 2.03. The highest BCUT2D eigenvalue weighted by molar-refractivity contribution is 6.36. The third-order valence-corrected chi connectivity index (χ3v) is 4.79. The van der Waals surface area contributed by atoms with Crippen LogP contribution in [0, 0.1) is 11.6 Å². The molecule has 1 aliphatic rings. The molecule has 3 N–H and O–H groups in total. The largest absolute Gasteiger partial charge is 0.326 e. The highest BCUT2D eigenvalue weighted by atomic mass is 35.5. The van der Waals surface area contributed by atoms with Crippen LogP contribution < -0.4 is 11.3 Å². The lowest BCUT2D eigenvalue weighted by Crippen LogP contribution is -2.29. The minimum absolute atomic E-state index is 0.0981. The van der Waals surface area contributed by atoms with Gasteiger partial charge in [0.05, 0.1) is 16.2 Å². The number of nitrogens with one attached hydrogen (secondary N) is 1. The van der Waals surface area contributed by atoms with Crippen molar-refractivity contribution >= 4 is 22.5 Å². The maximum atomic E-state index is 14.3. The van der Waals surface area contributed by atoms with E-state index in [1.165, 1.54) is 18.2 Å². The molecule has 0 fully saturated rings. The van der Waals surface area contributed by atoms with Crippen molar-refractivity contribution in [3.8, 4) is 5.69 Å². The molecule has 4 rings (SSSR count). The summed E-state index contributed by atoms with van der Waals surface area (Å²) in [5, 5.41) is 10.4. The average molecular weight is 377 g/mol. The molecular weight excluding hydrogens is 362 g/mol. The maximum absolute atomic E-state index is 14.3. The number of benzene rings is 2. The second kappa shape index (κ2) is 6.31. The normalized spacial score (nSPS) is 17.2. The van der Waals surface area contributed by atoms with Crippen LogP contribution in [0.5, 0.6) is 0 Å². The van der Waals surface area contributed by atoms with Crippen LogP contribution in [0.1, 0.15) is 17.4 Å². The van der Waals surface area contributed by atoms with Gasteiger partial charge in [0.1, 0.15) is 11.6 Å². The monoisotopic (exact) mass is 376 g/mol. The molecule has 9 heteroatoms. The van der Waals surface area contributed by atoms with Crippen molar-refractivity contribution in [2.24, 2.45) is 16.1 Å². The van der Waals surface area contributed by atoms with Crippen molar-refractivity contribution in [3.63, 3.8) is 0 Å². The quantitative estimate of drug-likeness (QED) is 0.729. The van der Waals surface area contributed by atoms with Crippen molar-refractivity contribution in [1.29, 1.82) is 0 Å². The molecule has 0 spiro atoms. The van der Waals surface area contributed by atoms with Crippen molar-refractivity contribution < 1.29 is 8.78 Å². The molecule has 1 aliphatic heterocycles. The summed E-state index contributed by atoms with van der Waals surface area (Å²) in [7, 11) is 1.75. The molecule has 1 atom stereocenters. The molecule has 2 heterocycles. The first-order valence-electron chi connectivity index (χ1n) is 7.88. The molecule has 0 amide bonds. The van der Waals surface area contributed by atoms with E-state index in [0.717, 1.165) is 0 Å². The molecule has 2 aromatic carbocycles. The van der Waals surface area contributed by atoms with Gasteiger partial charge in [0, 0.05) is 30.2 Å². The van der Waals surface area contributed by atoms with Gasteiger partial charge in [-0.2, -0.15) is 5.01 Å². The van der Waals surface area contributed by atoms with Gasteiger partial charge in [-0.15, -0.1) is 5.11 Å². The van der Waals surface area contributed by atoms with E-state index >= 15 is 0 Å². The Morgan fingerprint density at radius 3 is 2.69 bits per heavy atom. The molecule has 0 radical (unpaired) electrons. The Kier molecular flexibility index (Phi) is 4.10. The zero-order chi connectivity index (χ0) is 18.4. The summed E-state index contributed by atoms with van der Waals surface area (Å²) >= 11 is 6.57. The van der Waals surface area contributed by atoms with E-state index in [9.17, 15) is 8.78 Å². The van der Waals surface area contributed by atoms with Crippen molar-refractivity contribution in [3.05, 3.63) is 64.3 Å². The molecule has 0 aliphatic carbocycles. The maximum Gasteiger partial charge on any atom is 0.185 e. The number of hydrogen-bond donors (Lipinski definition) is 2. The van der Waals surface area contributed by atoms with Crippen LogP contribution in [0.2, 0.25) is 5.02 Å². The Bertz CT molecular complexity index is 1030. The van der Waals surface area contributed by atoms with E-state index in [2.05, 4.69) is 15.9 Å². The number of rotatable bonds is 3. The second-order valence-corrected chi connectivity index (χ2v) is 6.35. The standard InChI is InChI=1S/C17H15ClF2N6/c1-25-17(22-23-24-25)16-15(18)12-6-10(19)3-5-14(12)26(16)11-4-2-9(8-21)13(20)7-11/h2-7,17H,8,21H2,1H3,(H,22,24). The Morgan fingerprint density at radius 1 is 1.23 bits per heavy atom. The van der Waals surface area contributed by atoms with Gasteiger partial charge in [-0.25, -0.2) is 14.3 Å². The Morgan fingerprint density at radius 2 is 2.04 bits per heavy atom. The zero-order valence-electron chi connectivity index (χ0n) is 13.7. The molecule has 1 unspecified atom stereocenters. The van der Waals surface area contributed by atoms with Crippen LogP contribution in [-0.2, 0) is 6.54 Å². The van der Waals surface area contributed by atoms with Gasteiger partial charge < -0.3 is 10.3 Å². The molecule has 0 saturated carbocycles. The highest BCUT2D eigenvalue weighted by Crippen LogP contribution is 2.40. The first-order valence-corrected chi connectivity index (χ1v) is 8.25. The third-order valence-electron chi connectivity index (χ3n) is 4.40. The fourth-order valence-electron chi connectivity index (χ4n) is 3.11. The number of nitrogens with two attached hydrogens (primary N) is 1. The Labute approximate surface area is 152 Å². The van der Waals surface area contributed by atoms with E-state index in [1.54, 1.807) is 34.8 Å². The van der Waals surface area contributed by atoms with Gasteiger partial charge in [0.25, 0.3) is 0 Å². The van der Waals surface area contributed by atoms with Gasteiger partial charge >= 0.3 is 0 Å². The van der Waals surface area contributed by atoms with Gasteiger partial charge in [-0.05, 0) is 30.3 Å². The summed E-state index contributed by atoms with van der Waals surface area (Å²) in [6.07, 6.45) is -0.546. The fraction of sp³-hybridized carbons (Fsp3) is 0.176. The molecule has 1 aromatic heterocycles. The summed E-state index contributed by atoms with van der Waals surface area (Å²) in [5.74, 6) is -0.831. The lowest BCUT2D eigenvalue weighted by atomic mass is 10.2. The summed E-state index contributed by atoms with van der Waals surface area (Å²) in [4.78, 5) is 0. The minimum atomic E-state index is -0.546. The van der Waals surface area contributed by atoms with E-state index in [1.807, 2.05) is 0 Å². The lowest BCUT2D eigenvalue weighted by molar-refractivity contribution is 0.218. The first kappa shape index (κ1) is 16.9. The predicted octanol–water partition coefficient (Wildman–Crippen LogP) is 3.84. The number of hydrogen-bond acceptors (Lipinski definition) is 5. The molecule has 134 valence electrons. The number of fused-ring (bicyclic) bond motifs is 1. The molecule has 0 bridgehead atoms. The van der Waals surface area contributed by atoms with Crippen LogP contribution in [-0.4, -0.2) is 16.6 Å². The van der Waals surface area contributed by atoms with Crippen LogP contribution in [0.25, 0.3) is 16.6 Å². The van der Waals surface area contributed by atoms with Gasteiger partial charge in [0.15, 0.2) is 6.17 Å². The summed E-state index contributed by atoms with van der Waals surface area (Å²) in [6.45, 7) is 0.0981. The predicted molar refractivity (Wildman–Crippen MR) is 94.6 cm³/mol. The first-order chi connectivity index (χ1) is 12.5. The van der Waals surface area contributed by atoms with E-state index in [4.69, 9.17) is 17.3 Å². The van der Waals surface area contributed by atoms with E-state index in [-0.39, 0.29) is 6.54 Å². The average Bonchev–Trinajstić information content (AvgIpc) is 3.16. The van der Waals surface area contributed by atoms with Crippen molar-refractivity contribution in [2.75, 3.05) is 7.05 Å². The summed E-state index contributed by atoms with van der Waals surface area (Å²) in [6, 6.07) is 9.03. The second-order valence-electron chi connectivity index (χ2n) is 5.98. The number of aromatic nitrogens is 1. The molecule has 6 nitrogen and oxygen atoms in total. The number of nitrogens with zero attached hydrogens (tertiary/aromatic N) is 4. The number of halogens is 3. The lowest BCUT2D eigenvalue weighted by Gasteiger charge is -2.19. The van der Waals surface area contributed by atoms with E-state index < -0.39 is 17.8 Å². The van der Waals surface area contributed by atoms with Crippen LogP contribution in [0.4, 0.5) is 8.78 Å². The summed E-state index contributed by atoms with van der Waals surface area (Å²) in [5.41, 5.74) is 10.4. The van der Waals surface area contributed by atoms with Crippen molar-refractivity contribution in [1.82, 2.24) is 15.1 Å². The molecule has 26 heavy (non-hydrogen) atoms. The van der Waals surface area contributed by atoms with Crippen LogP contribution in [0.3, 0.4) is 0 Å². The van der Waals surface area contributed by atoms with E-state index in [0.29, 0.717) is 32.9 Å². The SMILES string of the molecule is CN1NN=NC1c1c(Cl)c2cc(F)ccc2n1-c1ccc(CN)c(F)c1. The highest BCUT2D eigenvalue weighted by Gasteiger charge is 2.30. The summed E-state index contributed by atoms with van der Waals surface area (Å²) < 4.78 is 29.9. The van der Waals surface area contributed by atoms with Gasteiger partial charge in [-0.1, -0.05) is 22.9 Å². The molecular formula is C17H15ClF2N6. The molecule has 3 aromatic rings. The van der Waals surface area contributed by atoms with Gasteiger partial charge in [0.2, 0.25) is 0 Å². The van der Waals surface area contributed by atoms with Crippen LogP contribution in [0.15, 0.2) is 46.7 Å². The van der Waals surface area contributed by atoms with Gasteiger partial charge in [-0.3, -0.25) is 0 Å². The topological polar surface area (TPSA) is 70.9 Å². The number of hydrazine groups is 1. The third kappa shape index (κ3) is 2.54. The fourth-order valence-corrected chi connectivity index (χ4v) is 3.45. The molecule has 0 saturated heterocycles. The minimum Gasteiger partial charge on any atom is -0.326 e. The van der Waals surface area contributed by atoms with Crippen LogP contribution >= 0.6 is 11.6 Å².